The fourth-order valence-corrected chi connectivity index (χ4v) is 2.60. The lowest BCUT2D eigenvalue weighted by molar-refractivity contribution is 0.0404. The van der Waals surface area contributed by atoms with E-state index < -0.39 is 0 Å². The van der Waals surface area contributed by atoms with E-state index in [-0.39, 0.29) is 18.0 Å². The molecule has 1 aromatic carbocycles. The van der Waals surface area contributed by atoms with Crippen LogP contribution in [0.4, 0.5) is 0 Å². The zero-order valence-electron chi connectivity index (χ0n) is 10.2. The molecule has 0 aliphatic carbocycles. The van der Waals surface area contributed by atoms with Crippen LogP contribution in [0.25, 0.3) is 0 Å². The van der Waals surface area contributed by atoms with Crippen molar-refractivity contribution in [3.05, 3.63) is 29.3 Å². The third-order valence-electron chi connectivity index (χ3n) is 3.64. The summed E-state index contributed by atoms with van der Waals surface area (Å²) in [6, 6.07) is 5.64. The van der Waals surface area contributed by atoms with Crippen molar-refractivity contribution in [3.8, 4) is 5.75 Å². The molecule has 0 aromatic heterocycles. The Hall–Kier alpha value is -1.39. The molecule has 0 spiro atoms. The number of carbonyl (C=O) groups excluding carboxylic acids is 1. The summed E-state index contributed by atoms with van der Waals surface area (Å²) < 4.78 is 11.1. The molecule has 2 unspecified atom stereocenters. The van der Waals surface area contributed by atoms with E-state index in [0.29, 0.717) is 13.2 Å². The lowest BCUT2D eigenvalue weighted by Crippen LogP contribution is -2.25. The van der Waals surface area contributed by atoms with Crippen LogP contribution < -0.4 is 10.5 Å². The van der Waals surface area contributed by atoms with Crippen LogP contribution in [0, 0.1) is 0 Å². The molecule has 18 heavy (non-hydrogen) atoms. The van der Waals surface area contributed by atoms with Gasteiger partial charge in [-0.3, -0.25) is 4.79 Å². The van der Waals surface area contributed by atoms with Crippen molar-refractivity contribution in [3.63, 3.8) is 0 Å². The van der Waals surface area contributed by atoms with Crippen molar-refractivity contribution in [2.75, 3.05) is 13.2 Å². The molecule has 2 aliphatic rings. The van der Waals surface area contributed by atoms with Gasteiger partial charge in [-0.25, -0.2) is 0 Å². The second kappa shape index (κ2) is 4.71. The Morgan fingerprint density at radius 2 is 2.28 bits per heavy atom. The summed E-state index contributed by atoms with van der Waals surface area (Å²) in [5, 5.41) is 0. The molecule has 1 saturated heterocycles. The number of carbonyl (C=O) groups is 1. The Morgan fingerprint density at radius 1 is 1.39 bits per heavy atom. The van der Waals surface area contributed by atoms with E-state index in [9.17, 15) is 4.79 Å². The average Bonchev–Trinajstić information content (AvgIpc) is 3.05. The first-order valence-corrected chi connectivity index (χ1v) is 6.43. The van der Waals surface area contributed by atoms with E-state index in [2.05, 4.69) is 0 Å². The summed E-state index contributed by atoms with van der Waals surface area (Å²) in [5.41, 5.74) is 7.40. The zero-order chi connectivity index (χ0) is 12.5. The van der Waals surface area contributed by atoms with Crippen LogP contribution in [-0.2, 0) is 11.2 Å². The lowest BCUT2D eigenvalue weighted by Gasteiger charge is -2.11. The molecule has 2 aliphatic heterocycles. The van der Waals surface area contributed by atoms with Crippen molar-refractivity contribution in [2.45, 2.75) is 31.5 Å². The standard InChI is InChI=1S/C14H17NO3/c15-8-11-2-4-13(18-11)14(16)10-1-3-12-9(7-10)5-6-17-12/h1,3,7,11,13H,2,4-6,8,15H2. The highest BCUT2D eigenvalue weighted by atomic mass is 16.5. The highest BCUT2D eigenvalue weighted by Crippen LogP contribution is 2.28. The van der Waals surface area contributed by atoms with Gasteiger partial charge in [0.25, 0.3) is 0 Å². The van der Waals surface area contributed by atoms with Crippen molar-refractivity contribution in [1.29, 1.82) is 0 Å². The van der Waals surface area contributed by atoms with E-state index in [4.69, 9.17) is 15.2 Å². The van der Waals surface area contributed by atoms with Gasteiger partial charge in [-0.2, -0.15) is 0 Å². The van der Waals surface area contributed by atoms with Gasteiger partial charge < -0.3 is 15.2 Å². The summed E-state index contributed by atoms with van der Waals surface area (Å²) in [6.45, 7) is 1.20. The van der Waals surface area contributed by atoms with E-state index in [1.54, 1.807) is 0 Å². The van der Waals surface area contributed by atoms with Gasteiger partial charge in [0.05, 0.1) is 12.7 Å². The Labute approximate surface area is 106 Å². The Morgan fingerprint density at radius 3 is 3.06 bits per heavy atom. The summed E-state index contributed by atoms with van der Waals surface area (Å²) in [6.07, 6.45) is 2.25. The van der Waals surface area contributed by atoms with Gasteiger partial charge in [0.2, 0.25) is 0 Å². The maximum absolute atomic E-state index is 12.3. The van der Waals surface area contributed by atoms with Crippen molar-refractivity contribution in [2.24, 2.45) is 5.73 Å². The minimum Gasteiger partial charge on any atom is -0.493 e. The number of benzene rings is 1. The SMILES string of the molecule is NCC1CCC(C(=O)c2ccc3c(c2)CCO3)O1. The van der Waals surface area contributed by atoms with Crippen LogP contribution in [0.15, 0.2) is 18.2 Å². The smallest absolute Gasteiger partial charge is 0.191 e. The fraction of sp³-hybridized carbons (Fsp3) is 0.500. The molecular weight excluding hydrogens is 230 g/mol. The van der Waals surface area contributed by atoms with Gasteiger partial charge in [0.1, 0.15) is 11.9 Å². The molecule has 4 heteroatoms. The maximum atomic E-state index is 12.3. The molecule has 2 N–H and O–H groups in total. The first kappa shape index (κ1) is 11.7. The summed E-state index contributed by atoms with van der Waals surface area (Å²) in [4.78, 5) is 12.3. The van der Waals surface area contributed by atoms with Gasteiger partial charge in [-0.05, 0) is 36.6 Å². The minimum atomic E-state index is -0.320. The highest BCUT2D eigenvalue weighted by molar-refractivity contribution is 6.00. The van der Waals surface area contributed by atoms with Gasteiger partial charge in [0, 0.05) is 18.5 Å². The van der Waals surface area contributed by atoms with Crippen LogP contribution in [0.2, 0.25) is 0 Å². The summed E-state index contributed by atoms with van der Waals surface area (Å²) in [7, 11) is 0. The largest absolute Gasteiger partial charge is 0.493 e. The van der Waals surface area contributed by atoms with Gasteiger partial charge in [0.15, 0.2) is 5.78 Å². The summed E-state index contributed by atoms with van der Waals surface area (Å²) in [5.74, 6) is 0.972. The third-order valence-corrected chi connectivity index (χ3v) is 3.64. The number of rotatable bonds is 3. The van der Waals surface area contributed by atoms with Crippen molar-refractivity contribution in [1.82, 2.24) is 0 Å². The van der Waals surface area contributed by atoms with Gasteiger partial charge >= 0.3 is 0 Å². The predicted octanol–water partition coefficient (Wildman–Crippen LogP) is 1.31. The first-order valence-electron chi connectivity index (χ1n) is 6.43. The monoisotopic (exact) mass is 247 g/mol. The fourth-order valence-electron chi connectivity index (χ4n) is 2.60. The molecule has 0 saturated carbocycles. The molecule has 1 fully saturated rings. The van der Waals surface area contributed by atoms with Crippen LogP contribution in [0.1, 0.15) is 28.8 Å². The first-order chi connectivity index (χ1) is 8.78. The second-order valence-corrected chi connectivity index (χ2v) is 4.85. The van der Waals surface area contributed by atoms with E-state index in [0.717, 1.165) is 36.1 Å². The highest BCUT2D eigenvalue weighted by Gasteiger charge is 2.30. The second-order valence-electron chi connectivity index (χ2n) is 4.85. The number of Topliss-reactive ketones (excluding diaryl/α,β-unsaturated/α-hetero) is 1. The number of nitrogens with two attached hydrogens (primary N) is 1. The van der Waals surface area contributed by atoms with Gasteiger partial charge in [-0.1, -0.05) is 0 Å². The number of fused-ring (bicyclic) bond motifs is 1. The predicted molar refractivity (Wildman–Crippen MR) is 66.9 cm³/mol. The van der Waals surface area contributed by atoms with Gasteiger partial charge in [-0.15, -0.1) is 0 Å². The van der Waals surface area contributed by atoms with E-state index in [1.807, 2.05) is 18.2 Å². The lowest BCUT2D eigenvalue weighted by atomic mass is 10.0. The molecule has 0 bridgehead atoms. The summed E-state index contributed by atoms with van der Waals surface area (Å²) >= 11 is 0. The molecule has 4 nitrogen and oxygen atoms in total. The van der Waals surface area contributed by atoms with Crippen molar-refractivity contribution < 1.29 is 14.3 Å². The topological polar surface area (TPSA) is 61.6 Å². The third kappa shape index (κ3) is 2.02. The molecule has 0 radical (unpaired) electrons. The number of hydrogen-bond donors (Lipinski definition) is 1. The minimum absolute atomic E-state index is 0.0386. The molecule has 0 amide bonds. The van der Waals surface area contributed by atoms with Crippen molar-refractivity contribution >= 4 is 5.78 Å². The molecule has 2 atom stereocenters. The van der Waals surface area contributed by atoms with Crippen LogP contribution in [-0.4, -0.2) is 31.1 Å². The quantitative estimate of drug-likeness (QED) is 0.818. The van der Waals surface area contributed by atoms with E-state index in [1.165, 1.54) is 0 Å². The van der Waals surface area contributed by atoms with Crippen LogP contribution in [0.3, 0.4) is 0 Å². The van der Waals surface area contributed by atoms with Crippen LogP contribution in [0.5, 0.6) is 5.75 Å². The number of hydrogen-bond acceptors (Lipinski definition) is 4. The zero-order valence-corrected chi connectivity index (χ0v) is 10.2. The average molecular weight is 247 g/mol. The maximum Gasteiger partial charge on any atom is 0.191 e. The molecule has 3 rings (SSSR count). The van der Waals surface area contributed by atoms with E-state index >= 15 is 0 Å². The molecular formula is C14H17NO3. The number of ketones is 1. The normalized spacial score (nSPS) is 25.8. The molecule has 1 aromatic rings. The number of ether oxygens (including phenoxy) is 2. The Kier molecular flexibility index (Phi) is 3.06. The Balaban J connectivity index is 1.77. The van der Waals surface area contributed by atoms with Crippen LogP contribution >= 0.6 is 0 Å². The Bertz CT molecular complexity index is 472. The molecule has 2 heterocycles. The molecule has 96 valence electrons.